The highest BCUT2D eigenvalue weighted by Gasteiger charge is 2.03. The van der Waals surface area contributed by atoms with Crippen LogP contribution in [-0.4, -0.2) is 6.61 Å². The van der Waals surface area contributed by atoms with Crippen LogP contribution in [0.3, 0.4) is 0 Å². The van der Waals surface area contributed by atoms with E-state index in [0.717, 1.165) is 21.5 Å². The maximum Gasteiger partial charge on any atom is 0.124 e. The van der Waals surface area contributed by atoms with Crippen LogP contribution in [0.4, 0.5) is 5.69 Å². The van der Waals surface area contributed by atoms with Crippen LogP contribution in [0.25, 0.3) is 0 Å². The lowest BCUT2D eigenvalue weighted by atomic mass is 10.2. The van der Waals surface area contributed by atoms with Crippen LogP contribution in [0.1, 0.15) is 12.5 Å². The zero-order valence-corrected chi connectivity index (χ0v) is 13.0. The van der Waals surface area contributed by atoms with E-state index < -0.39 is 0 Å². The van der Waals surface area contributed by atoms with Gasteiger partial charge in [0.2, 0.25) is 0 Å². The van der Waals surface area contributed by atoms with Gasteiger partial charge < -0.3 is 10.1 Å². The number of para-hydroxylation sites is 1. The SMILES string of the molecule is CCOc1ccccc1CNc1ccc(Cl)c(Br)c1. The van der Waals surface area contributed by atoms with Gasteiger partial charge in [-0.25, -0.2) is 0 Å². The summed E-state index contributed by atoms with van der Waals surface area (Å²) in [6, 6.07) is 13.8. The Morgan fingerprint density at radius 2 is 2.00 bits per heavy atom. The van der Waals surface area contributed by atoms with E-state index >= 15 is 0 Å². The smallest absolute Gasteiger partial charge is 0.124 e. The summed E-state index contributed by atoms with van der Waals surface area (Å²) in [4.78, 5) is 0. The summed E-state index contributed by atoms with van der Waals surface area (Å²) in [5.41, 5.74) is 2.15. The highest BCUT2D eigenvalue weighted by atomic mass is 79.9. The second kappa shape index (κ2) is 6.83. The largest absolute Gasteiger partial charge is 0.494 e. The number of hydrogen-bond acceptors (Lipinski definition) is 2. The van der Waals surface area contributed by atoms with Crippen molar-refractivity contribution in [2.45, 2.75) is 13.5 Å². The van der Waals surface area contributed by atoms with Gasteiger partial charge in [-0.3, -0.25) is 0 Å². The van der Waals surface area contributed by atoms with Crippen LogP contribution in [0, 0.1) is 0 Å². The van der Waals surface area contributed by atoms with Crippen molar-refractivity contribution in [3.63, 3.8) is 0 Å². The van der Waals surface area contributed by atoms with Gasteiger partial charge in [0.1, 0.15) is 5.75 Å². The molecule has 0 aromatic heterocycles. The van der Waals surface area contributed by atoms with Crippen molar-refractivity contribution < 1.29 is 4.74 Å². The summed E-state index contributed by atoms with van der Waals surface area (Å²) in [5.74, 6) is 0.922. The molecule has 19 heavy (non-hydrogen) atoms. The van der Waals surface area contributed by atoms with Crippen molar-refractivity contribution in [1.82, 2.24) is 0 Å². The fourth-order valence-corrected chi connectivity index (χ4v) is 2.25. The van der Waals surface area contributed by atoms with Crippen LogP contribution in [0.15, 0.2) is 46.9 Å². The normalized spacial score (nSPS) is 10.3. The molecule has 0 unspecified atom stereocenters. The molecule has 0 fully saturated rings. The molecule has 0 heterocycles. The minimum absolute atomic E-state index is 0.670. The van der Waals surface area contributed by atoms with E-state index in [-0.39, 0.29) is 0 Å². The number of ether oxygens (including phenoxy) is 1. The van der Waals surface area contributed by atoms with Crippen LogP contribution in [0.2, 0.25) is 5.02 Å². The first kappa shape index (κ1) is 14.2. The third-order valence-corrected chi connectivity index (χ3v) is 3.89. The Kier molecular flexibility index (Phi) is 5.11. The summed E-state index contributed by atoms with van der Waals surface area (Å²) in [7, 11) is 0. The van der Waals surface area contributed by atoms with Gasteiger partial charge in [-0.1, -0.05) is 29.8 Å². The number of anilines is 1. The van der Waals surface area contributed by atoms with E-state index in [1.54, 1.807) is 0 Å². The summed E-state index contributed by atoms with van der Waals surface area (Å²) >= 11 is 9.38. The lowest BCUT2D eigenvalue weighted by molar-refractivity contribution is 0.337. The molecule has 0 atom stereocenters. The van der Waals surface area contributed by atoms with Gasteiger partial charge in [0.25, 0.3) is 0 Å². The van der Waals surface area contributed by atoms with Gasteiger partial charge in [-0.05, 0) is 47.1 Å². The molecule has 0 amide bonds. The Labute approximate surface area is 126 Å². The third kappa shape index (κ3) is 3.88. The van der Waals surface area contributed by atoms with Gasteiger partial charge >= 0.3 is 0 Å². The van der Waals surface area contributed by atoms with Crippen LogP contribution >= 0.6 is 27.5 Å². The highest BCUT2D eigenvalue weighted by molar-refractivity contribution is 9.10. The molecule has 2 aromatic rings. The minimum Gasteiger partial charge on any atom is -0.494 e. The van der Waals surface area contributed by atoms with E-state index in [2.05, 4.69) is 27.3 Å². The summed E-state index contributed by atoms with van der Waals surface area (Å²) < 4.78 is 6.48. The Morgan fingerprint density at radius 3 is 2.74 bits per heavy atom. The first-order valence-corrected chi connectivity index (χ1v) is 7.27. The molecule has 0 aliphatic carbocycles. The monoisotopic (exact) mass is 339 g/mol. The molecule has 2 aromatic carbocycles. The lowest BCUT2D eigenvalue weighted by Crippen LogP contribution is -2.03. The molecule has 0 radical (unpaired) electrons. The topological polar surface area (TPSA) is 21.3 Å². The second-order valence-corrected chi connectivity index (χ2v) is 5.28. The fraction of sp³-hybridized carbons (Fsp3) is 0.200. The van der Waals surface area contributed by atoms with Gasteiger partial charge in [0.15, 0.2) is 0 Å². The van der Waals surface area contributed by atoms with Crippen molar-refractivity contribution in [2.75, 3.05) is 11.9 Å². The minimum atomic E-state index is 0.670. The van der Waals surface area contributed by atoms with E-state index in [1.807, 2.05) is 43.3 Å². The molecule has 0 spiro atoms. The zero-order valence-electron chi connectivity index (χ0n) is 10.6. The molecule has 2 nitrogen and oxygen atoms in total. The molecule has 100 valence electrons. The Hall–Kier alpha value is -1.19. The average Bonchev–Trinajstić information content (AvgIpc) is 2.42. The number of benzene rings is 2. The van der Waals surface area contributed by atoms with Gasteiger partial charge in [-0.15, -0.1) is 0 Å². The summed E-state index contributed by atoms with van der Waals surface area (Å²) in [5, 5.41) is 4.07. The van der Waals surface area contributed by atoms with Crippen molar-refractivity contribution in [3.05, 3.63) is 57.5 Å². The van der Waals surface area contributed by atoms with Crippen LogP contribution < -0.4 is 10.1 Å². The highest BCUT2D eigenvalue weighted by Crippen LogP contribution is 2.26. The predicted octanol–water partition coefficient (Wildman–Crippen LogP) is 5.11. The first-order valence-electron chi connectivity index (χ1n) is 6.10. The Bertz CT molecular complexity index is 560. The molecule has 0 bridgehead atoms. The van der Waals surface area contributed by atoms with Gasteiger partial charge in [0.05, 0.1) is 11.6 Å². The lowest BCUT2D eigenvalue weighted by Gasteiger charge is -2.12. The number of nitrogens with one attached hydrogen (secondary N) is 1. The second-order valence-electron chi connectivity index (χ2n) is 4.02. The molecule has 0 saturated heterocycles. The number of halogens is 2. The van der Waals surface area contributed by atoms with Crippen molar-refractivity contribution >= 4 is 33.2 Å². The number of hydrogen-bond donors (Lipinski definition) is 1. The van der Waals surface area contributed by atoms with Gasteiger partial charge in [0, 0.05) is 22.3 Å². The Balaban J connectivity index is 2.07. The zero-order chi connectivity index (χ0) is 13.7. The molecule has 0 aliphatic rings. The quantitative estimate of drug-likeness (QED) is 0.816. The van der Waals surface area contributed by atoms with Gasteiger partial charge in [-0.2, -0.15) is 0 Å². The van der Waals surface area contributed by atoms with Crippen molar-refractivity contribution in [3.8, 4) is 5.75 Å². The van der Waals surface area contributed by atoms with E-state index in [0.29, 0.717) is 18.2 Å². The standard InChI is InChI=1S/C15H15BrClNO/c1-2-19-15-6-4-3-5-11(15)10-18-12-7-8-14(17)13(16)9-12/h3-9,18H,2,10H2,1H3. The van der Waals surface area contributed by atoms with E-state index in [9.17, 15) is 0 Å². The van der Waals surface area contributed by atoms with E-state index in [1.165, 1.54) is 0 Å². The summed E-state index contributed by atoms with van der Waals surface area (Å²) in [6.45, 7) is 3.37. The van der Waals surface area contributed by atoms with E-state index in [4.69, 9.17) is 16.3 Å². The average molecular weight is 341 g/mol. The molecular formula is C15H15BrClNO. The molecule has 0 aliphatic heterocycles. The Morgan fingerprint density at radius 1 is 1.21 bits per heavy atom. The maximum atomic E-state index is 5.97. The first-order chi connectivity index (χ1) is 9.20. The molecule has 4 heteroatoms. The molecule has 1 N–H and O–H groups in total. The molecule has 2 rings (SSSR count). The van der Waals surface area contributed by atoms with Crippen LogP contribution in [0.5, 0.6) is 5.75 Å². The number of rotatable bonds is 5. The van der Waals surface area contributed by atoms with Crippen molar-refractivity contribution in [2.24, 2.45) is 0 Å². The molecule has 0 saturated carbocycles. The van der Waals surface area contributed by atoms with Crippen molar-refractivity contribution in [1.29, 1.82) is 0 Å². The fourth-order valence-electron chi connectivity index (χ4n) is 1.75. The van der Waals surface area contributed by atoms with Crippen LogP contribution in [-0.2, 0) is 6.54 Å². The third-order valence-electron chi connectivity index (χ3n) is 2.68. The predicted molar refractivity (Wildman–Crippen MR) is 84.1 cm³/mol. The summed E-state index contributed by atoms with van der Waals surface area (Å²) in [6.07, 6.45) is 0. The molecular weight excluding hydrogens is 326 g/mol. The maximum absolute atomic E-state index is 5.97.